The predicted molar refractivity (Wildman–Crippen MR) is 190 cm³/mol. The van der Waals surface area contributed by atoms with Crippen LogP contribution >= 0.6 is 23.2 Å². The topological polar surface area (TPSA) is 165 Å². The number of carboxylic acid groups (broad SMARTS) is 1. The molecule has 0 saturated carbocycles. The van der Waals surface area contributed by atoms with Gasteiger partial charge in [0, 0.05) is 30.3 Å². The van der Waals surface area contributed by atoms with Gasteiger partial charge in [-0.15, -0.1) is 0 Å². The number of ether oxygens (including phenoxy) is 4. The van der Waals surface area contributed by atoms with E-state index in [9.17, 15) is 20.1 Å². The monoisotopic (exact) mass is 728 g/mol. The average Bonchev–Trinajstić information content (AvgIpc) is 3.11. The van der Waals surface area contributed by atoms with Crippen molar-refractivity contribution in [3.63, 3.8) is 0 Å². The number of methoxy groups -OCH3 is 2. The second-order valence-corrected chi connectivity index (χ2v) is 12.4. The molecule has 2 atom stereocenters. The summed E-state index contributed by atoms with van der Waals surface area (Å²) in [6, 6.07) is 14.1. The summed E-state index contributed by atoms with van der Waals surface area (Å²) in [5.74, 6) is -0.156. The standard InChI is InChI=1S/C36H42Cl2N4O8/c1-20(16-43)39-14-25-12-29(37)34(41-32(25)47-4)49-18-23-8-6-10-27(21(23)2)28-11-7-9-24(22(28)3)19-50-35-30(38)13-26(33(42-35)48-5)15-40-31(17-44)36(45)46/h6-13,20,31,39-40,43-44H,14-19H2,1-5H3,(H,45,46). The third kappa shape index (κ3) is 9.53. The SMILES string of the molecule is COc1nc(OCc2cccc(-c3cccc(COc4nc(OC)c(CNC(CO)C(=O)O)cc4Cl)c3C)c2C)c(Cl)cc1CNC(C)CO. The number of nitrogens with zero attached hydrogens (tertiary/aromatic N) is 2. The molecule has 0 radical (unpaired) electrons. The fourth-order valence-electron chi connectivity index (χ4n) is 5.16. The Morgan fingerprint density at radius 3 is 1.60 bits per heavy atom. The smallest absolute Gasteiger partial charge is 0.323 e. The van der Waals surface area contributed by atoms with Crippen LogP contribution < -0.4 is 29.6 Å². The Balaban J connectivity index is 1.49. The van der Waals surface area contributed by atoms with Crippen molar-refractivity contribution in [1.82, 2.24) is 20.6 Å². The van der Waals surface area contributed by atoms with Crippen LogP contribution in [0.15, 0.2) is 48.5 Å². The summed E-state index contributed by atoms with van der Waals surface area (Å²) in [6.45, 7) is 6.25. The molecule has 0 fully saturated rings. The summed E-state index contributed by atoms with van der Waals surface area (Å²) < 4.78 is 23.0. The molecule has 0 aliphatic carbocycles. The summed E-state index contributed by atoms with van der Waals surface area (Å²) >= 11 is 13.0. The fourth-order valence-corrected chi connectivity index (χ4v) is 5.62. The van der Waals surface area contributed by atoms with Crippen LogP contribution in [0.1, 0.15) is 40.3 Å². The molecule has 0 amide bonds. The van der Waals surface area contributed by atoms with E-state index in [1.807, 2.05) is 51.1 Å². The number of halogens is 2. The summed E-state index contributed by atoms with van der Waals surface area (Å²) in [7, 11) is 2.97. The lowest BCUT2D eigenvalue weighted by Gasteiger charge is -2.18. The number of carboxylic acids is 1. The van der Waals surface area contributed by atoms with Gasteiger partial charge >= 0.3 is 5.97 Å². The van der Waals surface area contributed by atoms with Gasteiger partial charge in [-0.3, -0.25) is 10.1 Å². The normalized spacial score (nSPS) is 12.3. The van der Waals surface area contributed by atoms with Gasteiger partial charge in [0.05, 0.1) is 27.4 Å². The number of aliphatic hydroxyl groups excluding tert-OH is 2. The highest BCUT2D eigenvalue weighted by molar-refractivity contribution is 6.32. The van der Waals surface area contributed by atoms with Gasteiger partial charge in [-0.2, -0.15) is 9.97 Å². The molecule has 0 bridgehead atoms. The number of hydrogen-bond donors (Lipinski definition) is 5. The summed E-state index contributed by atoms with van der Waals surface area (Å²) in [6.07, 6.45) is 0. The summed E-state index contributed by atoms with van der Waals surface area (Å²) in [5.41, 5.74) is 7.22. The van der Waals surface area contributed by atoms with Gasteiger partial charge in [-0.25, -0.2) is 0 Å². The fraction of sp³-hybridized carbons (Fsp3) is 0.361. The van der Waals surface area contributed by atoms with Crippen molar-refractivity contribution in [1.29, 1.82) is 0 Å². The molecule has 268 valence electrons. The van der Waals surface area contributed by atoms with Gasteiger partial charge in [0.25, 0.3) is 0 Å². The van der Waals surface area contributed by atoms with E-state index in [-0.39, 0.29) is 55.1 Å². The lowest BCUT2D eigenvalue weighted by Crippen LogP contribution is -2.39. The molecule has 0 aliphatic heterocycles. The highest BCUT2D eigenvalue weighted by Crippen LogP contribution is 2.34. The van der Waals surface area contributed by atoms with Crippen molar-refractivity contribution in [2.75, 3.05) is 27.4 Å². The minimum Gasteiger partial charge on any atom is -0.481 e. The van der Waals surface area contributed by atoms with Crippen LogP contribution in [-0.2, 0) is 31.1 Å². The molecule has 14 heteroatoms. The zero-order valence-corrected chi connectivity index (χ0v) is 30.1. The van der Waals surface area contributed by atoms with E-state index in [0.29, 0.717) is 23.0 Å². The molecule has 2 aromatic heterocycles. The van der Waals surface area contributed by atoms with E-state index in [2.05, 4.69) is 26.7 Å². The maximum atomic E-state index is 11.2. The first kappa shape index (κ1) is 38.6. The summed E-state index contributed by atoms with van der Waals surface area (Å²) in [5, 5.41) is 34.3. The number of rotatable bonds is 18. The Labute approximate surface area is 301 Å². The zero-order valence-electron chi connectivity index (χ0n) is 28.5. The molecule has 4 rings (SSSR count). The Hall–Kier alpha value is -4.17. The minimum absolute atomic E-state index is 0.00325. The first-order valence-corrected chi connectivity index (χ1v) is 16.6. The van der Waals surface area contributed by atoms with E-state index >= 15 is 0 Å². The maximum absolute atomic E-state index is 11.2. The van der Waals surface area contributed by atoms with Crippen molar-refractivity contribution in [2.24, 2.45) is 0 Å². The molecule has 0 saturated heterocycles. The van der Waals surface area contributed by atoms with Crippen LogP contribution in [0, 0.1) is 13.8 Å². The van der Waals surface area contributed by atoms with Crippen molar-refractivity contribution in [2.45, 2.75) is 59.2 Å². The minimum atomic E-state index is -1.18. The van der Waals surface area contributed by atoms with Gasteiger partial charge < -0.3 is 39.6 Å². The molecule has 2 aromatic carbocycles. The van der Waals surface area contributed by atoms with E-state index in [1.165, 1.54) is 14.2 Å². The number of aliphatic carboxylic acids is 1. The molecule has 0 aliphatic rings. The Bertz CT molecular complexity index is 1790. The van der Waals surface area contributed by atoms with Gasteiger partial charge in [0.15, 0.2) is 0 Å². The number of aliphatic hydroxyl groups is 2. The number of aromatic nitrogens is 2. The van der Waals surface area contributed by atoms with Crippen LogP contribution in [0.5, 0.6) is 23.5 Å². The molecule has 4 aromatic rings. The third-order valence-electron chi connectivity index (χ3n) is 8.20. The van der Waals surface area contributed by atoms with E-state index < -0.39 is 18.6 Å². The second kappa shape index (κ2) is 18.2. The molecular formula is C36H42Cl2N4O8. The van der Waals surface area contributed by atoms with E-state index in [1.54, 1.807) is 12.1 Å². The Morgan fingerprint density at radius 2 is 1.20 bits per heavy atom. The van der Waals surface area contributed by atoms with Gasteiger partial charge in [-0.05, 0) is 66.3 Å². The van der Waals surface area contributed by atoms with Crippen LogP contribution in [0.25, 0.3) is 11.1 Å². The van der Waals surface area contributed by atoms with E-state index in [0.717, 1.165) is 38.9 Å². The number of pyridine rings is 2. The number of carbonyl (C=O) groups is 1. The summed E-state index contributed by atoms with van der Waals surface area (Å²) in [4.78, 5) is 20.1. The largest absolute Gasteiger partial charge is 0.481 e. The lowest BCUT2D eigenvalue weighted by molar-refractivity contribution is -0.140. The van der Waals surface area contributed by atoms with Crippen molar-refractivity contribution >= 4 is 29.2 Å². The first-order chi connectivity index (χ1) is 24.0. The third-order valence-corrected chi connectivity index (χ3v) is 8.74. The predicted octanol–water partition coefficient (Wildman–Crippen LogP) is 5.25. The highest BCUT2D eigenvalue weighted by Gasteiger charge is 2.20. The Morgan fingerprint density at radius 1 is 0.740 bits per heavy atom. The van der Waals surface area contributed by atoms with Crippen molar-refractivity contribution in [3.05, 3.63) is 92.0 Å². The van der Waals surface area contributed by atoms with Crippen LogP contribution in [0.4, 0.5) is 0 Å². The van der Waals surface area contributed by atoms with Gasteiger partial charge in [-0.1, -0.05) is 59.6 Å². The van der Waals surface area contributed by atoms with Crippen LogP contribution in [0.2, 0.25) is 10.0 Å². The quantitative estimate of drug-likeness (QED) is 0.0906. The van der Waals surface area contributed by atoms with Crippen molar-refractivity contribution in [3.8, 4) is 34.6 Å². The molecular weight excluding hydrogens is 687 g/mol. The molecule has 0 spiro atoms. The zero-order chi connectivity index (χ0) is 36.4. The van der Waals surface area contributed by atoms with Gasteiger partial charge in [0.2, 0.25) is 23.5 Å². The molecule has 2 unspecified atom stereocenters. The lowest BCUT2D eigenvalue weighted by atomic mass is 9.92. The molecule has 50 heavy (non-hydrogen) atoms. The molecule has 5 N–H and O–H groups in total. The Kier molecular flexibility index (Phi) is 14.0. The maximum Gasteiger partial charge on any atom is 0.323 e. The number of hydrogen-bond acceptors (Lipinski definition) is 11. The van der Waals surface area contributed by atoms with E-state index in [4.69, 9.17) is 42.1 Å². The van der Waals surface area contributed by atoms with Crippen molar-refractivity contribution < 1.29 is 39.1 Å². The van der Waals surface area contributed by atoms with Crippen LogP contribution in [0.3, 0.4) is 0 Å². The average molecular weight is 730 g/mol. The number of nitrogens with one attached hydrogen (secondary N) is 2. The van der Waals surface area contributed by atoms with Crippen LogP contribution in [-0.4, -0.2) is 70.8 Å². The molecule has 12 nitrogen and oxygen atoms in total. The molecule has 2 heterocycles. The second-order valence-electron chi connectivity index (χ2n) is 11.6. The number of benzene rings is 2. The highest BCUT2D eigenvalue weighted by atomic mass is 35.5. The first-order valence-electron chi connectivity index (χ1n) is 15.8. The van der Waals surface area contributed by atoms with Gasteiger partial charge in [0.1, 0.15) is 29.3 Å².